The van der Waals surface area contributed by atoms with Crippen LogP contribution in [0.3, 0.4) is 0 Å². The van der Waals surface area contributed by atoms with Crippen molar-refractivity contribution in [1.82, 2.24) is 0 Å². The minimum Gasteiger partial charge on any atom is -0.504 e. The lowest BCUT2D eigenvalue weighted by Gasteiger charge is -2.08. The number of rotatable bonds is 3. The van der Waals surface area contributed by atoms with Crippen LogP contribution >= 0.6 is 15.9 Å². The number of nitrogens with zero attached hydrogens (tertiary/aromatic N) is 1. The zero-order valence-electron chi connectivity index (χ0n) is 7.95. The molecule has 0 saturated carbocycles. The SMILES string of the molecule is COc1ccc(C#N)c(C(=O)CBr)c1O. The maximum absolute atomic E-state index is 11.5. The first-order chi connectivity index (χ1) is 7.15. The van der Waals surface area contributed by atoms with Crippen LogP contribution in [0, 0.1) is 11.3 Å². The predicted octanol–water partition coefficient (Wildman–Crippen LogP) is 1.85. The third-order valence-electron chi connectivity index (χ3n) is 1.88. The van der Waals surface area contributed by atoms with Gasteiger partial charge in [0.15, 0.2) is 17.3 Å². The van der Waals surface area contributed by atoms with Crippen molar-refractivity contribution < 1.29 is 14.6 Å². The second kappa shape index (κ2) is 4.80. The average Bonchev–Trinajstić information content (AvgIpc) is 2.27. The zero-order valence-corrected chi connectivity index (χ0v) is 9.54. The molecule has 0 atom stereocenters. The maximum atomic E-state index is 11.5. The van der Waals surface area contributed by atoms with Gasteiger partial charge in [-0.2, -0.15) is 5.26 Å². The van der Waals surface area contributed by atoms with E-state index in [0.717, 1.165) is 0 Å². The van der Waals surface area contributed by atoms with Crippen molar-refractivity contribution in [2.45, 2.75) is 0 Å². The van der Waals surface area contributed by atoms with Gasteiger partial charge in [0.05, 0.1) is 23.6 Å². The molecule has 0 aliphatic heterocycles. The Morgan fingerprint density at radius 2 is 2.33 bits per heavy atom. The minimum atomic E-state index is -0.358. The number of benzene rings is 1. The number of hydrogen-bond donors (Lipinski definition) is 1. The van der Waals surface area contributed by atoms with E-state index < -0.39 is 0 Å². The molecule has 0 saturated heterocycles. The van der Waals surface area contributed by atoms with Gasteiger partial charge in [-0.25, -0.2) is 0 Å². The van der Waals surface area contributed by atoms with Gasteiger partial charge in [-0.15, -0.1) is 0 Å². The number of Topliss-reactive ketones (excluding diaryl/α,β-unsaturated/α-hetero) is 1. The lowest BCUT2D eigenvalue weighted by molar-refractivity contribution is 0.102. The van der Waals surface area contributed by atoms with E-state index in [4.69, 9.17) is 10.00 Å². The van der Waals surface area contributed by atoms with E-state index >= 15 is 0 Å². The van der Waals surface area contributed by atoms with Gasteiger partial charge in [-0.05, 0) is 12.1 Å². The molecule has 5 heteroatoms. The molecular formula is C10H8BrNO3. The van der Waals surface area contributed by atoms with Crippen molar-refractivity contribution in [3.05, 3.63) is 23.3 Å². The second-order valence-electron chi connectivity index (χ2n) is 2.71. The fraction of sp³-hybridized carbons (Fsp3) is 0.200. The summed E-state index contributed by atoms with van der Waals surface area (Å²) in [5, 5.41) is 18.5. The average molecular weight is 270 g/mol. The summed E-state index contributed by atoms with van der Waals surface area (Å²) in [4.78, 5) is 11.5. The molecule has 0 heterocycles. The summed E-state index contributed by atoms with van der Waals surface area (Å²) in [5.74, 6) is -0.470. The lowest BCUT2D eigenvalue weighted by Crippen LogP contribution is -2.04. The summed E-state index contributed by atoms with van der Waals surface area (Å²) >= 11 is 2.98. The number of methoxy groups -OCH3 is 1. The topological polar surface area (TPSA) is 70.3 Å². The summed E-state index contributed by atoms with van der Waals surface area (Å²) < 4.78 is 4.85. The highest BCUT2D eigenvalue weighted by molar-refractivity contribution is 9.09. The van der Waals surface area contributed by atoms with Gasteiger partial charge in [-0.3, -0.25) is 4.79 Å². The van der Waals surface area contributed by atoms with Crippen molar-refractivity contribution in [3.63, 3.8) is 0 Å². The third kappa shape index (κ3) is 2.10. The van der Waals surface area contributed by atoms with Crippen LogP contribution in [0.15, 0.2) is 12.1 Å². The van der Waals surface area contributed by atoms with Crippen molar-refractivity contribution in [2.75, 3.05) is 12.4 Å². The fourth-order valence-corrected chi connectivity index (χ4v) is 1.46. The summed E-state index contributed by atoms with van der Waals surface area (Å²) in [6.45, 7) is 0. The van der Waals surface area contributed by atoms with Gasteiger partial charge in [0, 0.05) is 0 Å². The largest absolute Gasteiger partial charge is 0.504 e. The molecule has 1 aromatic rings. The van der Waals surface area contributed by atoms with Crippen LogP contribution in [-0.4, -0.2) is 23.3 Å². The Labute approximate surface area is 95.2 Å². The van der Waals surface area contributed by atoms with Crippen LogP contribution in [0.5, 0.6) is 11.5 Å². The minimum absolute atomic E-state index is 0.00581. The van der Waals surface area contributed by atoms with Gasteiger partial charge in [0.25, 0.3) is 0 Å². The number of aromatic hydroxyl groups is 1. The zero-order chi connectivity index (χ0) is 11.4. The van der Waals surface area contributed by atoms with Crippen LogP contribution in [0.25, 0.3) is 0 Å². The Balaban J connectivity index is 3.44. The number of carbonyl (C=O) groups is 1. The number of nitriles is 1. The first kappa shape index (κ1) is 11.5. The molecule has 0 radical (unpaired) electrons. The first-order valence-electron chi connectivity index (χ1n) is 4.05. The molecule has 0 spiro atoms. The number of ketones is 1. The third-order valence-corrected chi connectivity index (χ3v) is 2.39. The summed E-state index contributed by atoms with van der Waals surface area (Å²) in [7, 11) is 1.38. The Hall–Kier alpha value is -1.54. The molecule has 0 fully saturated rings. The summed E-state index contributed by atoms with van der Waals surface area (Å²) in [5.41, 5.74) is 0.131. The van der Waals surface area contributed by atoms with Crippen molar-refractivity contribution in [1.29, 1.82) is 5.26 Å². The first-order valence-corrected chi connectivity index (χ1v) is 5.17. The summed E-state index contributed by atoms with van der Waals surface area (Å²) in [6, 6.07) is 4.73. The molecule has 78 valence electrons. The highest BCUT2D eigenvalue weighted by atomic mass is 79.9. The summed E-state index contributed by atoms with van der Waals surface area (Å²) in [6.07, 6.45) is 0. The number of phenols is 1. The van der Waals surface area contributed by atoms with Crippen LogP contribution in [0.4, 0.5) is 0 Å². The standard InChI is InChI=1S/C10H8BrNO3/c1-15-8-3-2-6(5-12)9(10(8)14)7(13)4-11/h2-3,14H,4H2,1H3. The van der Waals surface area contributed by atoms with E-state index in [0.29, 0.717) is 0 Å². The van der Waals surface area contributed by atoms with Gasteiger partial charge in [0.1, 0.15) is 6.07 Å². The quantitative estimate of drug-likeness (QED) is 0.672. The molecule has 0 aliphatic carbocycles. The molecule has 0 aliphatic rings. The predicted molar refractivity (Wildman–Crippen MR) is 57.5 cm³/mol. The van der Waals surface area contributed by atoms with E-state index in [1.807, 2.05) is 6.07 Å². The second-order valence-corrected chi connectivity index (χ2v) is 3.27. The normalized spacial score (nSPS) is 9.40. The van der Waals surface area contributed by atoms with Crippen molar-refractivity contribution in [2.24, 2.45) is 0 Å². The number of ether oxygens (including phenoxy) is 1. The van der Waals surface area contributed by atoms with Gasteiger partial charge < -0.3 is 9.84 Å². The van der Waals surface area contributed by atoms with E-state index in [9.17, 15) is 9.90 Å². The monoisotopic (exact) mass is 269 g/mol. The highest BCUT2D eigenvalue weighted by Crippen LogP contribution is 2.32. The van der Waals surface area contributed by atoms with Crippen molar-refractivity contribution >= 4 is 21.7 Å². The van der Waals surface area contributed by atoms with E-state index in [1.54, 1.807) is 0 Å². The van der Waals surface area contributed by atoms with Gasteiger partial charge in [0.2, 0.25) is 0 Å². The number of carbonyl (C=O) groups excluding carboxylic acids is 1. The molecule has 1 N–H and O–H groups in total. The van der Waals surface area contributed by atoms with E-state index in [2.05, 4.69) is 15.9 Å². The number of hydrogen-bond acceptors (Lipinski definition) is 4. The Kier molecular flexibility index (Phi) is 3.69. The van der Waals surface area contributed by atoms with Crippen LogP contribution < -0.4 is 4.74 Å². The Morgan fingerprint density at radius 1 is 1.67 bits per heavy atom. The molecule has 0 unspecified atom stereocenters. The fourth-order valence-electron chi connectivity index (χ4n) is 1.18. The van der Waals surface area contributed by atoms with Gasteiger partial charge >= 0.3 is 0 Å². The molecule has 0 bridgehead atoms. The van der Waals surface area contributed by atoms with E-state index in [-0.39, 0.29) is 33.7 Å². The smallest absolute Gasteiger partial charge is 0.178 e. The van der Waals surface area contributed by atoms with Crippen molar-refractivity contribution in [3.8, 4) is 17.6 Å². The van der Waals surface area contributed by atoms with Crippen LogP contribution in [0.1, 0.15) is 15.9 Å². The Bertz CT molecular complexity index is 437. The molecule has 1 aromatic carbocycles. The molecule has 1 rings (SSSR count). The maximum Gasteiger partial charge on any atom is 0.178 e. The number of alkyl halides is 1. The lowest BCUT2D eigenvalue weighted by atomic mass is 10.0. The van der Waals surface area contributed by atoms with Crippen LogP contribution in [-0.2, 0) is 0 Å². The molecule has 4 nitrogen and oxygen atoms in total. The Morgan fingerprint density at radius 3 is 2.80 bits per heavy atom. The van der Waals surface area contributed by atoms with E-state index in [1.165, 1.54) is 19.2 Å². The molecule has 0 aromatic heterocycles. The number of phenolic OH excluding ortho intramolecular Hbond substituents is 1. The molecule has 0 amide bonds. The molecule has 15 heavy (non-hydrogen) atoms. The number of halogens is 1. The molecular weight excluding hydrogens is 262 g/mol. The van der Waals surface area contributed by atoms with Gasteiger partial charge in [-0.1, -0.05) is 15.9 Å². The highest BCUT2D eigenvalue weighted by Gasteiger charge is 2.18. The van der Waals surface area contributed by atoms with Crippen LogP contribution in [0.2, 0.25) is 0 Å².